The molecule has 0 saturated carbocycles. The maximum Gasteiger partial charge on any atom is 0.276 e. The molecule has 0 aliphatic carbocycles. The molecule has 4 rings (SSSR count). The van der Waals surface area contributed by atoms with Crippen LogP contribution in [0.4, 0.5) is 5.69 Å². The fraction of sp³-hybridized carbons (Fsp3) is 0.476. The average molecular weight is 383 g/mol. The van der Waals surface area contributed by atoms with Crippen LogP contribution in [-0.4, -0.2) is 41.1 Å². The van der Waals surface area contributed by atoms with Gasteiger partial charge in [0, 0.05) is 37.4 Å². The molecule has 0 unspecified atom stereocenters. The van der Waals surface area contributed by atoms with Crippen LogP contribution in [0.15, 0.2) is 28.8 Å². The number of hydrogen-bond acceptors (Lipinski definition) is 5. The molecule has 0 bridgehead atoms. The quantitative estimate of drug-likeness (QED) is 0.877. The summed E-state index contributed by atoms with van der Waals surface area (Å²) in [6, 6.07) is 7.61. The third-order valence-electron chi connectivity index (χ3n) is 5.31. The van der Waals surface area contributed by atoms with Crippen molar-refractivity contribution in [2.45, 2.75) is 51.7 Å². The highest BCUT2D eigenvalue weighted by Crippen LogP contribution is 2.25. The molecule has 2 aliphatic rings. The van der Waals surface area contributed by atoms with Gasteiger partial charge in [0.05, 0.1) is 0 Å². The lowest BCUT2D eigenvalue weighted by atomic mass is 9.98. The highest BCUT2D eigenvalue weighted by molar-refractivity contribution is 5.94. The van der Waals surface area contributed by atoms with Crippen molar-refractivity contribution in [1.82, 2.24) is 10.1 Å². The zero-order chi connectivity index (χ0) is 19.7. The summed E-state index contributed by atoms with van der Waals surface area (Å²) < 4.78 is 10.7. The Morgan fingerprint density at radius 3 is 2.82 bits per heavy atom. The van der Waals surface area contributed by atoms with E-state index in [0.717, 1.165) is 30.5 Å². The second kappa shape index (κ2) is 7.75. The zero-order valence-corrected chi connectivity index (χ0v) is 16.2. The molecule has 28 heavy (non-hydrogen) atoms. The van der Waals surface area contributed by atoms with Crippen LogP contribution >= 0.6 is 0 Å². The van der Waals surface area contributed by atoms with Crippen molar-refractivity contribution in [3.05, 3.63) is 46.8 Å². The number of aromatic nitrogens is 1. The SMILES string of the molecule is CC(C)c1cc(C(=O)N2CCc3ccc(NC(=O)[C@@H]4CCCO4)cc3C2)no1. The van der Waals surface area contributed by atoms with Gasteiger partial charge in [0.25, 0.3) is 11.8 Å². The fourth-order valence-corrected chi connectivity index (χ4v) is 3.64. The normalized spacial score (nSPS) is 19.0. The third kappa shape index (κ3) is 3.80. The monoisotopic (exact) mass is 383 g/mol. The Morgan fingerprint density at radius 1 is 1.25 bits per heavy atom. The van der Waals surface area contributed by atoms with Gasteiger partial charge in [-0.15, -0.1) is 0 Å². The number of benzene rings is 1. The smallest absolute Gasteiger partial charge is 0.276 e. The maximum absolute atomic E-state index is 12.8. The van der Waals surface area contributed by atoms with Gasteiger partial charge in [-0.3, -0.25) is 9.59 Å². The largest absolute Gasteiger partial charge is 0.368 e. The second-order valence-corrected chi connectivity index (χ2v) is 7.72. The second-order valence-electron chi connectivity index (χ2n) is 7.72. The lowest BCUT2D eigenvalue weighted by Crippen LogP contribution is -2.36. The predicted molar refractivity (Wildman–Crippen MR) is 103 cm³/mol. The number of fused-ring (bicyclic) bond motifs is 1. The van der Waals surface area contributed by atoms with E-state index in [0.29, 0.717) is 31.2 Å². The molecule has 0 radical (unpaired) electrons. The number of carbonyl (C=O) groups excluding carboxylic acids is 2. The number of ether oxygens (including phenoxy) is 1. The lowest BCUT2D eigenvalue weighted by Gasteiger charge is -2.28. The van der Waals surface area contributed by atoms with Gasteiger partial charge in [0.2, 0.25) is 0 Å². The molecular formula is C21H25N3O4. The van der Waals surface area contributed by atoms with Gasteiger partial charge in [-0.05, 0) is 42.5 Å². The van der Waals surface area contributed by atoms with Crippen LogP contribution in [-0.2, 0) is 22.5 Å². The number of hydrogen-bond donors (Lipinski definition) is 1. The fourth-order valence-electron chi connectivity index (χ4n) is 3.64. The van der Waals surface area contributed by atoms with Crippen molar-refractivity contribution in [1.29, 1.82) is 0 Å². The Bertz CT molecular complexity index is 884. The van der Waals surface area contributed by atoms with Crippen LogP contribution in [0.5, 0.6) is 0 Å². The molecule has 1 aromatic heterocycles. The van der Waals surface area contributed by atoms with Crippen molar-refractivity contribution >= 4 is 17.5 Å². The Kier molecular flexibility index (Phi) is 5.17. The Labute approximate surface area is 164 Å². The van der Waals surface area contributed by atoms with Crippen LogP contribution in [0.1, 0.15) is 60.0 Å². The van der Waals surface area contributed by atoms with Gasteiger partial charge in [-0.1, -0.05) is 25.1 Å². The van der Waals surface area contributed by atoms with Crippen molar-refractivity contribution in [3.63, 3.8) is 0 Å². The van der Waals surface area contributed by atoms with E-state index < -0.39 is 0 Å². The minimum Gasteiger partial charge on any atom is -0.368 e. The number of amides is 2. The van der Waals surface area contributed by atoms with E-state index in [1.54, 1.807) is 11.0 Å². The van der Waals surface area contributed by atoms with Crippen LogP contribution in [0.25, 0.3) is 0 Å². The average Bonchev–Trinajstić information content (AvgIpc) is 3.39. The number of carbonyl (C=O) groups is 2. The molecule has 1 saturated heterocycles. The van der Waals surface area contributed by atoms with Crippen LogP contribution in [0.2, 0.25) is 0 Å². The molecule has 7 nitrogen and oxygen atoms in total. The molecule has 1 atom stereocenters. The molecule has 3 heterocycles. The van der Waals surface area contributed by atoms with Gasteiger partial charge < -0.3 is 19.5 Å². The Hall–Kier alpha value is -2.67. The summed E-state index contributed by atoms with van der Waals surface area (Å²) in [5.74, 6) is 0.658. The van der Waals surface area contributed by atoms with Crippen molar-refractivity contribution in [2.75, 3.05) is 18.5 Å². The molecule has 148 valence electrons. The molecule has 2 amide bonds. The summed E-state index contributed by atoms with van der Waals surface area (Å²) in [5, 5.41) is 6.86. The molecule has 2 aliphatic heterocycles. The summed E-state index contributed by atoms with van der Waals surface area (Å²) in [5.41, 5.74) is 3.31. The topological polar surface area (TPSA) is 84.7 Å². The first-order valence-electron chi connectivity index (χ1n) is 9.81. The van der Waals surface area contributed by atoms with Crippen molar-refractivity contribution < 1.29 is 18.8 Å². The molecule has 1 N–H and O–H groups in total. The number of nitrogens with zero attached hydrogens (tertiary/aromatic N) is 2. The molecule has 7 heteroatoms. The molecule has 2 aromatic rings. The maximum atomic E-state index is 12.8. The Balaban J connectivity index is 1.46. The Morgan fingerprint density at radius 2 is 2.11 bits per heavy atom. The predicted octanol–water partition coefficient (Wildman–Crippen LogP) is 3.11. The van der Waals surface area contributed by atoms with Gasteiger partial charge in [0.15, 0.2) is 5.69 Å². The number of nitrogens with one attached hydrogen (secondary N) is 1. The first-order valence-corrected chi connectivity index (χ1v) is 9.81. The highest BCUT2D eigenvalue weighted by Gasteiger charge is 2.26. The third-order valence-corrected chi connectivity index (χ3v) is 5.31. The van der Waals surface area contributed by atoms with Gasteiger partial charge in [0.1, 0.15) is 11.9 Å². The minimum absolute atomic E-state index is 0.106. The van der Waals surface area contributed by atoms with E-state index in [4.69, 9.17) is 9.26 Å². The van der Waals surface area contributed by atoms with E-state index in [2.05, 4.69) is 10.5 Å². The molecular weight excluding hydrogens is 358 g/mol. The number of rotatable bonds is 4. The van der Waals surface area contributed by atoms with E-state index in [1.165, 1.54) is 5.56 Å². The van der Waals surface area contributed by atoms with Gasteiger partial charge in [-0.2, -0.15) is 0 Å². The van der Waals surface area contributed by atoms with Crippen molar-refractivity contribution in [2.24, 2.45) is 0 Å². The minimum atomic E-state index is -0.364. The first-order chi connectivity index (χ1) is 13.5. The number of anilines is 1. The zero-order valence-electron chi connectivity index (χ0n) is 16.2. The summed E-state index contributed by atoms with van der Waals surface area (Å²) in [6.07, 6.45) is 2.08. The lowest BCUT2D eigenvalue weighted by molar-refractivity contribution is -0.124. The van der Waals surface area contributed by atoms with Crippen molar-refractivity contribution in [3.8, 4) is 0 Å². The van der Waals surface area contributed by atoms with Crippen LogP contribution in [0, 0.1) is 0 Å². The molecule has 1 fully saturated rings. The summed E-state index contributed by atoms with van der Waals surface area (Å²) in [6.45, 7) is 5.76. The molecule has 1 aromatic carbocycles. The van der Waals surface area contributed by atoms with E-state index >= 15 is 0 Å². The van der Waals surface area contributed by atoms with Gasteiger partial charge >= 0.3 is 0 Å². The first kappa shape index (κ1) is 18.7. The van der Waals surface area contributed by atoms with E-state index in [1.807, 2.05) is 32.0 Å². The highest BCUT2D eigenvalue weighted by atomic mass is 16.5. The van der Waals surface area contributed by atoms with Gasteiger partial charge in [-0.25, -0.2) is 0 Å². The van der Waals surface area contributed by atoms with E-state index in [9.17, 15) is 9.59 Å². The van der Waals surface area contributed by atoms with Crippen LogP contribution in [0.3, 0.4) is 0 Å². The summed E-state index contributed by atoms with van der Waals surface area (Å²) in [4.78, 5) is 26.9. The van der Waals surface area contributed by atoms with E-state index in [-0.39, 0.29) is 23.8 Å². The summed E-state index contributed by atoms with van der Waals surface area (Å²) >= 11 is 0. The summed E-state index contributed by atoms with van der Waals surface area (Å²) in [7, 11) is 0. The van der Waals surface area contributed by atoms with Crippen LogP contribution < -0.4 is 5.32 Å². The molecule has 0 spiro atoms. The standard InChI is InChI=1S/C21H25N3O4/c1-13(2)19-11-17(23-28-19)21(26)24-8-7-14-5-6-16(10-15(14)12-24)22-20(25)18-4-3-9-27-18/h5-6,10-11,13,18H,3-4,7-9,12H2,1-2H3,(H,22,25)/t18-/m0/s1.